The van der Waals surface area contributed by atoms with Crippen molar-refractivity contribution in [1.29, 1.82) is 0 Å². The summed E-state index contributed by atoms with van der Waals surface area (Å²) in [5, 5.41) is 4.16. The maximum absolute atomic E-state index is 12.4. The Bertz CT molecular complexity index is 456. The second-order valence-electron chi connectivity index (χ2n) is 5.64. The second kappa shape index (κ2) is 7.29. The predicted molar refractivity (Wildman–Crippen MR) is 85.9 cm³/mol. The number of rotatable bonds is 2. The Balaban J connectivity index is 0.00000200. The van der Waals surface area contributed by atoms with Crippen LogP contribution in [0.2, 0.25) is 0 Å². The van der Waals surface area contributed by atoms with Gasteiger partial charge >= 0.3 is 0 Å². The van der Waals surface area contributed by atoms with Crippen molar-refractivity contribution in [3.63, 3.8) is 0 Å². The molecule has 1 aliphatic rings. The molecule has 2 rings (SSSR count). The number of amides is 1. The average molecular weight is 316 g/mol. The van der Waals surface area contributed by atoms with Crippen LogP contribution < -0.4 is 5.32 Å². The third-order valence-corrected chi connectivity index (χ3v) is 3.84. The summed E-state index contributed by atoms with van der Waals surface area (Å²) in [5.74, 6) is 0.111. The lowest BCUT2D eigenvalue weighted by Crippen LogP contribution is -2.46. The van der Waals surface area contributed by atoms with E-state index in [-0.39, 0.29) is 23.1 Å². The molecular weight excluding hydrogens is 294 g/mol. The average Bonchev–Trinajstić information content (AvgIpc) is 2.37. The lowest BCUT2D eigenvalue weighted by atomic mass is 10.2. The lowest BCUT2D eigenvalue weighted by Gasteiger charge is -2.27. The van der Waals surface area contributed by atoms with Gasteiger partial charge in [-0.25, -0.2) is 4.98 Å². The first-order valence-electron chi connectivity index (χ1n) is 6.61. The second-order valence-corrected chi connectivity index (χ2v) is 7.49. The number of thioether (sulfide) groups is 1. The van der Waals surface area contributed by atoms with Crippen LogP contribution in [0.5, 0.6) is 0 Å². The van der Waals surface area contributed by atoms with Crippen molar-refractivity contribution in [2.45, 2.75) is 30.5 Å². The first-order chi connectivity index (χ1) is 8.96. The van der Waals surface area contributed by atoms with Gasteiger partial charge in [-0.15, -0.1) is 24.2 Å². The van der Waals surface area contributed by atoms with Crippen LogP contribution in [0.25, 0.3) is 0 Å². The summed E-state index contributed by atoms with van der Waals surface area (Å²) >= 11 is 1.68. The van der Waals surface area contributed by atoms with E-state index in [2.05, 4.69) is 31.1 Å². The van der Waals surface area contributed by atoms with E-state index in [0.29, 0.717) is 0 Å². The molecule has 0 radical (unpaired) electrons. The van der Waals surface area contributed by atoms with Gasteiger partial charge in [-0.3, -0.25) is 4.79 Å². The zero-order valence-electron chi connectivity index (χ0n) is 12.2. The Kier molecular flexibility index (Phi) is 6.30. The molecule has 20 heavy (non-hydrogen) atoms. The Morgan fingerprint density at radius 3 is 2.60 bits per heavy atom. The molecule has 4 nitrogen and oxygen atoms in total. The number of piperazine rings is 1. The summed E-state index contributed by atoms with van der Waals surface area (Å²) in [4.78, 5) is 18.6. The fourth-order valence-corrected chi connectivity index (χ4v) is 2.89. The standard InChI is InChI=1S/C14H21N3OS.ClH/c1-14(2,3)19-12-10-11(4-5-16-12)13(18)17-8-6-15-7-9-17;/h4-5,10,15H,6-9H2,1-3H3;1H. The molecule has 0 atom stereocenters. The monoisotopic (exact) mass is 315 g/mol. The van der Waals surface area contributed by atoms with Crippen molar-refractivity contribution in [3.05, 3.63) is 23.9 Å². The van der Waals surface area contributed by atoms with Gasteiger partial charge in [-0.05, 0) is 12.1 Å². The molecule has 1 aromatic rings. The molecule has 0 spiro atoms. The predicted octanol–water partition coefficient (Wildman–Crippen LogP) is 2.44. The van der Waals surface area contributed by atoms with Crippen LogP contribution in [0.15, 0.2) is 23.4 Å². The molecule has 1 N–H and O–H groups in total. The number of pyridine rings is 1. The Hall–Kier alpha value is -0.780. The lowest BCUT2D eigenvalue weighted by molar-refractivity contribution is 0.0735. The van der Waals surface area contributed by atoms with Gasteiger partial charge in [0.2, 0.25) is 0 Å². The van der Waals surface area contributed by atoms with Crippen molar-refractivity contribution >= 4 is 30.1 Å². The molecule has 1 fully saturated rings. The summed E-state index contributed by atoms with van der Waals surface area (Å²) in [5.41, 5.74) is 0.739. The number of carbonyl (C=O) groups excluding carboxylic acids is 1. The van der Waals surface area contributed by atoms with Gasteiger partial charge in [-0.2, -0.15) is 0 Å². The molecule has 0 aromatic carbocycles. The van der Waals surface area contributed by atoms with Crippen molar-refractivity contribution < 1.29 is 4.79 Å². The minimum atomic E-state index is 0. The smallest absolute Gasteiger partial charge is 0.254 e. The van der Waals surface area contributed by atoms with Crippen LogP contribution >= 0.6 is 24.2 Å². The van der Waals surface area contributed by atoms with E-state index in [1.165, 1.54) is 0 Å². The van der Waals surface area contributed by atoms with Crippen LogP contribution in [0.3, 0.4) is 0 Å². The largest absolute Gasteiger partial charge is 0.336 e. The molecule has 1 saturated heterocycles. The van der Waals surface area contributed by atoms with Crippen LogP contribution in [-0.2, 0) is 0 Å². The van der Waals surface area contributed by atoms with E-state index in [9.17, 15) is 4.79 Å². The number of nitrogens with one attached hydrogen (secondary N) is 1. The fourth-order valence-electron chi connectivity index (χ4n) is 1.96. The van der Waals surface area contributed by atoms with Gasteiger partial charge < -0.3 is 10.2 Å². The third-order valence-electron chi connectivity index (χ3n) is 2.80. The van der Waals surface area contributed by atoms with Crippen LogP contribution in [0.1, 0.15) is 31.1 Å². The van der Waals surface area contributed by atoms with Gasteiger partial charge in [0, 0.05) is 42.7 Å². The zero-order valence-corrected chi connectivity index (χ0v) is 13.8. The maximum Gasteiger partial charge on any atom is 0.254 e. The summed E-state index contributed by atoms with van der Waals surface area (Å²) in [6.07, 6.45) is 1.73. The highest BCUT2D eigenvalue weighted by Crippen LogP contribution is 2.30. The SMILES string of the molecule is CC(C)(C)Sc1cc(C(=O)N2CCNCC2)ccn1.Cl. The Morgan fingerprint density at radius 1 is 1.35 bits per heavy atom. The van der Waals surface area contributed by atoms with E-state index in [1.807, 2.05) is 11.0 Å². The Labute approximate surface area is 131 Å². The van der Waals surface area contributed by atoms with E-state index in [1.54, 1.807) is 24.0 Å². The number of hydrogen-bond donors (Lipinski definition) is 1. The van der Waals surface area contributed by atoms with E-state index in [4.69, 9.17) is 0 Å². The van der Waals surface area contributed by atoms with E-state index < -0.39 is 0 Å². The van der Waals surface area contributed by atoms with Gasteiger partial charge in [0.1, 0.15) is 0 Å². The maximum atomic E-state index is 12.4. The fraction of sp³-hybridized carbons (Fsp3) is 0.571. The highest BCUT2D eigenvalue weighted by Gasteiger charge is 2.19. The summed E-state index contributed by atoms with van der Waals surface area (Å²) in [6.45, 7) is 9.74. The molecule has 1 amide bonds. The van der Waals surface area contributed by atoms with E-state index in [0.717, 1.165) is 36.8 Å². The topological polar surface area (TPSA) is 45.2 Å². The molecular formula is C14H22ClN3OS. The normalized spacial score (nSPS) is 15.7. The summed E-state index contributed by atoms with van der Waals surface area (Å²) < 4.78 is 0.101. The molecule has 0 bridgehead atoms. The minimum absolute atomic E-state index is 0. The van der Waals surface area contributed by atoms with Crippen molar-refractivity contribution in [2.24, 2.45) is 0 Å². The van der Waals surface area contributed by atoms with Gasteiger partial charge in [0.15, 0.2) is 0 Å². The number of hydrogen-bond acceptors (Lipinski definition) is 4. The summed E-state index contributed by atoms with van der Waals surface area (Å²) in [6, 6.07) is 3.71. The first kappa shape index (κ1) is 17.3. The molecule has 1 aliphatic heterocycles. The molecule has 2 heterocycles. The van der Waals surface area contributed by atoms with Gasteiger partial charge in [-0.1, -0.05) is 20.8 Å². The number of carbonyl (C=O) groups is 1. The molecule has 6 heteroatoms. The van der Waals surface area contributed by atoms with Gasteiger partial charge in [0.25, 0.3) is 5.91 Å². The third kappa shape index (κ3) is 4.96. The van der Waals surface area contributed by atoms with E-state index >= 15 is 0 Å². The molecule has 0 aliphatic carbocycles. The van der Waals surface area contributed by atoms with Crippen LogP contribution in [0.4, 0.5) is 0 Å². The summed E-state index contributed by atoms with van der Waals surface area (Å²) in [7, 11) is 0. The number of nitrogens with zero attached hydrogens (tertiary/aromatic N) is 2. The number of aromatic nitrogens is 1. The highest BCUT2D eigenvalue weighted by molar-refractivity contribution is 8.00. The molecule has 112 valence electrons. The molecule has 1 aromatic heterocycles. The van der Waals surface area contributed by atoms with Gasteiger partial charge in [0.05, 0.1) is 5.03 Å². The van der Waals surface area contributed by atoms with Crippen molar-refractivity contribution in [2.75, 3.05) is 26.2 Å². The first-order valence-corrected chi connectivity index (χ1v) is 7.42. The molecule has 0 unspecified atom stereocenters. The van der Waals surface area contributed by atoms with Crippen LogP contribution in [0, 0.1) is 0 Å². The number of halogens is 1. The molecule has 0 saturated carbocycles. The zero-order chi connectivity index (χ0) is 13.9. The van der Waals surface area contributed by atoms with Crippen LogP contribution in [-0.4, -0.2) is 46.7 Å². The highest BCUT2D eigenvalue weighted by atomic mass is 35.5. The van der Waals surface area contributed by atoms with Crippen molar-refractivity contribution in [1.82, 2.24) is 15.2 Å². The minimum Gasteiger partial charge on any atom is -0.336 e. The van der Waals surface area contributed by atoms with Crippen molar-refractivity contribution in [3.8, 4) is 0 Å². The Morgan fingerprint density at radius 2 is 2.00 bits per heavy atom. The quantitative estimate of drug-likeness (QED) is 0.852.